The fraction of sp³-hybridized carbons (Fsp3) is 0. The van der Waals surface area contributed by atoms with Crippen molar-refractivity contribution < 1.29 is 0 Å². The third kappa shape index (κ3) is 3.72. The summed E-state index contributed by atoms with van der Waals surface area (Å²) in [5.41, 5.74) is 7.26. The fourth-order valence-corrected chi connectivity index (χ4v) is 7.72. The van der Waals surface area contributed by atoms with E-state index in [-0.39, 0.29) is 0 Å². The van der Waals surface area contributed by atoms with Gasteiger partial charge in [0, 0.05) is 18.0 Å². The Balaban J connectivity index is 1.24. The third-order valence-electron chi connectivity index (χ3n) is 9.85. The van der Waals surface area contributed by atoms with Gasteiger partial charge < -0.3 is 0 Å². The summed E-state index contributed by atoms with van der Waals surface area (Å²) in [6.07, 6.45) is 3.77. The Labute approximate surface area is 266 Å². The Morgan fingerprint density at radius 1 is 0.304 bits per heavy atom. The molecule has 9 aromatic carbocycles. The summed E-state index contributed by atoms with van der Waals surface area (Å²) in [6, 6.07) is 56.1. The lowest BCUT2D eigenvalue weighted by atomic mass is 9.87. The first-order valence-corrected chi connectivity index (χ1v) is 15.9. The lowest BCUT2D eigenvalue weighted by Crippen LogP contribution is -1.90. The van der Waals surface area contributed by atoms with Gasteiger partial charge in [0.2, 0.25) is 0 Å². The molecule has 1 nitrogen and oxygen atoms in total. The molecule has 0 fully saturated rings. The molecule has 1 heteroatoms. The van der Waals surface area contributed by atoms with Gasteiger partial charge in [0.05, 0.1) is 0 Å². The first-order valence-electron chi connectivity index (χ1n) is 15.9. The molecule has 46 heavy (non-hydrogen) atoms. The minimum Gasteiger partial charge on any atom is -0.264 e. The van der Waals surface area contributed by atoms with E-state index in [9.17, 15) is 0 Å². The highest BCUT2D eigenvalue weighted by Gasteiger charge is 2.15. The van der Waals surface area contributed by atoms with Crippen LogP contribution in [0.3, 0.4) is 0 Å². The number of benzene rings is 9. The summed E-state index contributed by atoms with van der Waals surface area (Å²) < 4.78 is 0. The van der Waals surface area contributed by atoms with Crippen LogP contribution in [0.2, 0.25) is 0 Å². The van der Waals surface area contributed by atoms with E-state index in [1.165, 1.54) is 92.5 Å². The minimum absolute atomic E-state index is 1.12. The number of nitrogens with zero attached hydrogens (tertiary/aromatic N) is 1. The lowest BCUT2D eigenvalue weighted by molar-refractivity contribution is 1.33. The molecule has 0 spiro atoms. The van der Waals surface area contributed by atoms with Crippen molar-refractivity contribution in [2.75, 3.05) is 0 Å². The number of fused-ring (bicyclic) bond motifs is 5. The summed E-state index contributed by atoms with van der Waals surface area (Å²) in [5, 5.41) is 15.5. The number of aromatic nitrogens is 1. The van der Waals surface area contributed by atoms with Gasteiger partial charge in [0.25, 0.3) is 0 Å². The highest BCUT2D eigenvalue weighted by Crippen LogP contribution is 2.43. The van der Waals surface area contributed by atoms with Crippen LogP contribution in [0.5, 0.6) is 0 Å². The summed E-state index contributed by atoms with van der Waals surface area (Å²) in [6.45, 7) is 0. The van der Waals surface area contributed by atoms with Crippen molar-refractivity contribution >= 4 is 64.6 Å². The van der Waals surface area contributed by atoms with Gasteiger partial charge in [-0.3, -0.25) is 4.98 Å². The molecule has 10 aromatic rings. The van der Waals surface area contributed by atoms with E-state index < -0.39 is 0 Å². The lowest BCUT2D eigenvalue weighted by Gasteiger charge is -2.16. The Bertz CT molecular complexity index is 2780. The molecule has 0 saturated heterocycles. The van der Waals surface area contributed by atoms with Crippen molar-refractivity contribution in [1.82, 2.24) is 4.98 Å². The van der Waals surface area contributed by atoms with Crippen LogP contribution >= 0.6 is 0 Å². The third-order valence-corrected chi connectivity index (χ3v) is 9.85. The summed E-state index contributed by atoms with van der Waals surface area (Å²) in [7, 11) is 0. The molecule has 0 aliphatic carbocycles. The molecule has 0 unspecified atom stereocenters. The smallest absolute Gasteiger partial charge is 0.0346 e. The molecule has 0 radical (unpaired) electrons. The van der Waals surface area contributed by atoms with Crippen LogP contribution in [0, 0.1) is 0 Å². The molecule has 0 saturated carbocycles. The molecule has 0 bridgehead atoms. The first-order chi connectivity index (χ1) is 22.8. The fourth-order valence-electron chi connectivity index (χ4n) is 7.72. The quantitative estimate of drug-likeness (QED) is 0.189. The topological polar surface area (TPSA) is 12.9 Å². The Morgan fingerprint density at radius 3 is 1.78 bits per heavy atom. The van der Waals surface area contributed by atoms with Crippen molar-refractivity contribution in [1.29, 1.82) is 0 Å². The van der Waals surface area contributed by atoms with E-state index in [0.29, 0.717) is 0 Å². The number of hydrogen-bond acceptors (Lipinski definition) is 1. The number of hydrogen-bond donors (Lipinski definition) is 0. The largest absolute Gasteiger partial charge is 0.264 e. The average Bonchev–Trinajstić information content (AvgIpc) is 3.13. The van der Waals surface area contributed by atoms with Crippen LogP contribution in [-0.2, 0) is 0 Å². The summed E-state index contributed by atoms with van der Waals surface area (Å²) >= 11 is 0. The van der Waals surface area contributed by atoms with E-state index in [0.717, 1.165) is 5.56 Å². The minimum atomic E-state index is 1.12. The van der Waals surface area contributed by atoms with Crippen molar-refractivity contribution in [2.24, 2.45) is 0 Å². The molecule has 0 aliphatic rings. The zero-order valence-corrected chi connectivity index (χ0v) is 25.0. The highest BCUT2D eigenvalue weighted by atomic mass is 14.6. The second kappa shape index (κ2) is 9.72. The molecule has 0 aliphatic heterocycles. The van der Waals surface area contributed by atoms with Crippen molar-refractivity contribution in [3.05, 3.63) is 164 Å². The van der Waals surface area contributed by atoms with E-state index in [1.54, 1.807) is 0 Å². The van der Waals surface area contributed by atoms with Gasteiger partial charge in [0.15, 0.2) is 0 Å². The Kier molecular flexibility index (Phi) is 5.35. The van der Waals surface area contributed by atoms with Crippen molar-refractivity contribution in [3.8, 4) is 33.4 Å². The average molecular weight is 582 g/mol. The van der Waals surface area contributed by atoms with Gasteiger partial charge in [-0.1, -0.05) is 127 Å². The molecule has 1 heterocycles. The summed E-state index contributed by atoms with van der Waals surface area (Å²) in [5.74, 6) is 0. The monoisotopic (exact) mass is 581 g/mol. The maximum absolute atomic E-state index is 4.38. The molecule has 0 amide bonds. The number of pyridine rings is 1. The maximum atomic E-state index is 4.38. The van der Waals surface area contributed by atoms with Crippen LogP contribution in [0.15, 0.2) is 164 Å². The predicted molar refractivity (Wildman–Crippen MR) is 197 cm³/mol. The second-order valence-electron chi connectivity index (χ2n) is 12.4. The predicted octanol–water partition coefficient (Wildman–Crippen LogP) is 12.4. The van der Waals surface area contributed by atoms with Crippen molar-refractivity contribution in [2.45, 2.75) is 0 Å². The van der Waals surface area contributed by atoms with Gasteiger partial charge in [-0.25, -0.2) is 0 Å². The van der Waals surface area contributed by atoms with Gasteiger partial charge in [-0.2, -0.15) is 0 Å². The normalized spacial score (nSPS) is 11.9. The van der Waals surface area contributed by atoms with Gasteiger partial charge >= 0.3 is 0 Å². The van der Waals surface area contributed by atoms with Crippen molar-refractivity contribution in [3.63, 3.8) is 0 Å². The molecule has 212 valence electrons. The van der Waals surface area contributed by atoms with Crippen LogP contribution < -0.4 is 0 Å². The number of rotatable bonds is 3. The SMILES string of the molecule is c1cncc(-c2ccc3c(c2)cc(-c2cccc(-c4ccc5ccc6cccc7ccc4c5c67)c2)c2ccc4ccccc4c23)c1. The van der Waals surface area contributed by atoms with Crippen LogP contribution in [0.1, 0.15) is 0 Å². The van der Waals surface area contributed by atoms with Gasteiger partial charge in [-0.15, -0.1) is 0 Å². The van der Waals surface area contributed by atoms with Crippen LogP contribution in [-0.4, -0.2) is 4.98 Å². The standard InChI is InChI=1S/C45H27N/c1-2-12-38-28(6-1)15-21-41-42(26-36-24-32(18-20-39(36)45(38)41)35-11-5-23-46-27-35)34-10-4-9-33(25-34)37-19-16-31-14-13-29-7-3-8-30-17-22-40(37)44(31)43(29)30/h1-27H. The molecular weight excluding hydrogens is 555 g/mol. The highest BCUT2D eigenvalue weighted by molar-refractivity contribution is 6.26. The second-order valence-corrected chi connectivity index (χ2v) is 12.4. The van der Waals surface area contributed by atoms with E-state index in [4.69, 9.17) is 0 Å². The molecular formula is C45H27N. The zero-order chi connectivity index (χ0) is 30.2. The zero-order valence-electron chi connectivity index (χ0n) is 25.0. The first kappa shape index (κ1) is 25.3. The van der Waals surface area contributed by atoms with Gasteiger partial charge in [0.1, 0.15) is 0 Å². The van der Waals surface area contributed by atoms with E-state index >= 15 is 0 Å². The van der Waals surface area contributed by atoms with Crippen LogP contribution in [0.25, 0.3) is 98.0 Å². The molecule has 10 rings (SSSR count). The molecule has 0 N–H and O–H groups in total. The van der Waals surface area contributed by atoms with Gasteiger partial charge in [-0.05, 0) is 117 Å². The Morgan fingerprint density at radius 2 is 0.935 bits per heavy atom. The van der Waals surface area contributed by atoms with E-state index in [2.05, 4.69) is 151 Å². The molecule has 0 atom stereocenters. The maximum Gasteiger partial charge on any atom is 0.0346 e. The summed E-state index contributed by atoms with van der Waals surface area (Å²) in [4.78, 5) is 4.38. The Hall–Kier alpha value is -6.05. The van der Waals surface area contributed by atoms with Crippen LogP contribution in [0.4, 0.5) is 0 Å². The van der Waals surface area contributed by atoms with E-state index in [1.807, 2.05) is 18.5 Å². The molecule has 1 aromatic heterocycles.